The number of urea groups is 1. The molecule has 1 heterocycles. The molecule has 0 fully saturated rings. The van der Waals surface area contributed by atoms with Gasteiger partial charge in [0.15, 0.2) is 5.76 Å². The molecule has 0 aliphatic carbocycles. The van der Waals surface area contributed by atoms with Crippen molar-refractivity contribution in [3.8, 4) is 0 Å². The van der Waals surface area contributed by atoms with Crippen LogP contribution in [0.4, 0.5) is 16.2 Å². The lowest BCUT2D eigenvalue weighted by Gasteiger charge is -2.11. The number of ether oxygens (including phenoxy) is 1. The van der Waals surface area contributed by atoms with Gasteiger partial charge in [-0.2, -0.15) is 0 Å². The first-order valence-electron chi connectivity index (χ1n) is 8.57. The van der Waals surface area contributed by atoms with E-state index in [4.69, 9.17) is 4.42 Å². The Morgan fingerprint density at radius 1 is 1.11 bits per heavy atom. The van der Waals surface area contributed by atoms with Crippen LogP contribution in [0.15, 0.2) is 41.0 Å². The molecule has 27 heavy (non-hydrogen) atoms. The molecule has 8 nitrogen and oxygen atoms in total. The van der Waals surface area contributed by atoms with Crippen molar-refractivity contribution in [1.82, 2.24) is 5.32 Å². The normalized spacial score (nSPS) is 10.1. The quantitative estimate of drug-likeness (QED) is 0.486. The minimum absolute atomic E-state index is 0.225. The highest BCUT2D eigenvalue weighted by Crippen LogP contribution is 2.20. The van der Waals surface area contributed by atoms with Crippen molar-refractivity contribution in [2.45, 2.75) is 26.2 Å². The van der Waals surface area contributed by atoms with E-state index in [1.165, 1.54) is 13.4 Å². The highest BCUT2D eigenvalue weighted by Gasteiger charge is 2.11. The number of rotatable bonds is 8. The Bertz CT molecular complexity index is 787. The van der Waals surface area contributed by atoms with Gasteiger partial charge in [-0.1, -0.05) is 0 Å². The number of nitrogens with one attached hydrogen (secondary N) is 3. The molecule has 2 rings (SSSR count). The first-order valence-corrected chi connectivity index (χ1v) is 8.57. The molecule has 3 N–H and O–H groups in total. The van der Waals surface area contributed by atoms with E-state index in [-0.39, 0.29) is 23.7 Å². The van der Waals surface area contributed by atoms with Crippen molar-refractivity contribution in [2.24, 2.45) is 0 Å². The second-order valence-corrected chi connectivity index (χ2v) is 5.88. The van der Waals surface area contributed by atoms with E-state index < -0.39 is 0 Å². The number of carbonyl (C=O) groups is 3. The molecule has 0 spiro atoms. The number of amides is 3. The fraction of sp³-hybridized carbons (Fsp3) is 0.316. The molecule has 1 aromatic heterocycles. The number of furan rings is 1. The van der Waals surface area contributed by atoms with Crippen LogP contribution in [0.3, 0.4) is 0 Å². The van der Waals surface area contributed by atoms with Gasteiger partial charge in [-0.3, -0.25) is 9.59 Å². The summed E-state index contributed by atoms with van der Waals surface area (Å²) in [5.41, 5.74) is 2.03. The third-order valence-corrected chi connectivity index (χ3v) is 3.80. The van der Waals surface area contributed by atoms with Gasteiger partial charge in [0.05, 0.1) is 13.4 Å². The summed E-state index contributed by atoms with van der Waals surface area (Å²) in [6.45, 7) is 2.28. The predicted molar refractivity (Wildman–Crippen MR) is 101 cm³/mol. The summed E-state index contributed by atoms with van der Waals surface area (Å²) in [5, 5.41) is 8.21. The van der Waals surface area contributed by atoms with E-state index in [0.717, 1.165) is 5.56 Å². The first kappa shape index (κ1) is 20.0. The molecule has 0 saturated heterocycles. The SMILES string of the molecule is COC(=O)CCCCNC(=O)Nc1ccc(NC(=O)c2ccco2)c(C)c1. The molecular formula is C19H23N3O5. The zero-order valence-corrected chi connectivity index (χ0v) is 15.3. The van der Waals surface area contributed by atoms with Crippen LogP contribution in [-0.2, 0) is 9.53 Å². The molecule has 0 aliphatic heterocycles. The third-order valence-electron chi connectivity index (χ3n) is 3.80. The molecule has 0 unspecified atom stereocenters. The van der Waals surface area contributed by atoms with Gasteiger partial charge >= 0.3 is 12.0 Å². The monoisotopic (exact) mass is 373 g/mol. The average Bonchev–Trinajstić information content (AvgIpc) is 3.18. The van der Waals surface area contributed by atoms with E-state index in [1.54, 1.807) is 30.3 Å². The number of hydrogen-bond donors (Lipinski definition) is 3. The summed E-state index contributed by atoms with van der Waals surface area (Å²) in [6.07, 6.45) is 3.10. The van der Waals surface area contributed by atoms with Gasteiger partial charge in [-0.15, -0.1) is 0 Å². The molecule has 1 aromatic carbocycles. The molecule has 0 radical (unpaired) electrons. The predicted octanol–water partition coefficient (Wildman–Crippen LogP) is 3.31. The number of anilines is 2. The lowest BCUT2D eigenvalue weighted by Crippen LogP contribution is -2.29. The summed E-state index contributed by atoms with van der Waals surface area (Å²) < 4.78 is 9.61. The highest BCUT2D eigenvalue weighted by atomic mass is 16.5. The second kappa shape index (κ2) is 10.0. The maximum atomic E-state index is 12.0. The van der Waals surface area contributed by atoms with E-state index in [2.05, 4.69) is 20.7 Å². The summed E-state index contributed by atoms with van der Waals surface area (Å²) >= 11 is 0. The van der Waals surface area contributed by atoms with Crippen LogP contribution in [0, 0.1) is 6.92 Å². The van der Waals surface area contributed by atoms with Crippen LogP contribution in [0.1, 0.15) is 35.4 Å². The van der Waals surface area contributed by atoms with Gasteiger partial charge in [-0.25, -0.2) is 4.79 Å². The van der Waals surface area contributed by atoms with Gasteiger partial charge in [0.1, 0.15) is 0 Å². The van der Waals surface area contributed by atoms with Crippen LogP contribution in [0.2, 0.25) is 0 Å². The van der Waals surface area contributed by atoms with E-state index in [9.17, 15) is 14.4 Å². The van der Waals surface area contributed by atoms with Crippen LogP contribution in [-0.4, -0.2) is 31.6 Å². The number of aryl methyl sites for hydroxylation is 1. The van der Waals surface area contributed by atoms with Crippen molar-refractivity contribution < 1.29 is 23.5 Å². The van der Waals surface area contributed by atoms with Crippen molar-refractivity contribution in [1.29, 1.82) is 0 Å². The standard InChI is InChI=1S/C19H23N3O5/c1-13-12-14(21-19(25)20-10-4-3-7-17(23)26-2)8-9-15(13)22-18(24)16-6-5-11-27-16/h5-6,8-9,11-12H,3-4,7,10H2,1-2H3,(H,22,24)(H2,20,21,25). The summed E-state index contributed by atoms with van der Waals surface area (Å²) in [5.74, 6) is -0.370. The van der Waals surface area contributed by atoms with Crippen LogP contribution in [0.25, 0.3) is 0 Å². The number of unbranched alkanes of at least 4 members (excludes halogenated alkanes) is 1. The molecule has 0 atom stereocenters. The van der Waals surface area contributed by atoms with Gasteiger partial charge in [-0.05, 0) is 55.7 Å². The summed E-state index contributed by atoms with van der Waals surface area (Å²) in [7, 11) is 1.35. The fourth-order valence-electron chi connectivity index (χ4n) is 2.35. The van der Waals surface area contributed by atoms with E-state index in [0.29, 0.717) is 37.2 Å². The average molecular weight is 373 g/mol. The maximum absolute atomic E-state index is 12.0. The summed E-state index contributed by atoms with van der Waals surface area (Å²) in [6, 6.07) is 8.05. The molecule has 144 valence electrons. The largest absolute Gasteiger partial charge is 0.469 e. The van der Waals surface area contributed by atoms with Crippen molar-refractivity contribution in [3.63, 3.8) is 0 Å². The lowest BCUT2D eigenvalue weighted by molar-refractivity contribution is -0.140. The van der Waals surface area contributed by atoms with E-state index >= 15 is 0 Å². The lowest BCUT2D eigenvalue weighted by atomic mass is 10.1. The fourth-order valence-corrected chi connectivity index (χ4v) is 2.35. The van der Waals surface area contributed by atoms with E-state index in [1.807, 2.05) is 6.92 Å². The minimum atomic E-state index is -0.339. The Hall–Kier alpha value is -3.29. The molecule has 3 amide bonds. The Balaban J connectivity index is 1.78. The number of carbonyl (C=O) groups excluding carboxylic acids is 3. The number of methoxy groups -OCH3 is 1. The topological polar surface area (TPSA) is 110 Å². The van der Waals surface area contributed by atoms with Crippen molar-refractivity contribution in [2.75, 3.05) is 24.3 Å². The van der Waals surface area contributed by atoms with Gasteiger partial charge < -0.3 is 25.1 Å². The van der Waals surface area contributed by atoms with Gasteiger partial charge in [0.25, 0.3) is 5.91 Å². The number of benzene rings is 1. The Morgan fingerprint density at radius 2 is 1.93 bits per heavy atom. The van der Waals surface area contributed by atoms with Crippen LogP contribution in [0.5, 0.6) is 0 Å². The Labute approximate surface area is 157 Å². The van der Waals surface area contributed by atoms with Crippen molar-refractivity contribution >= 4 is 29.3 Å². The molecule has 0 aliphatic rings. The molecular weight excluding hydrogens is 350 g/mol. The maximum Gasteiger partial charge on any atom is 0.319 e. The molecule has 0 bridgehead atoms. The smallest absolute Gasteiger partial charge is 0.319 e. The minimum Gasteiger partial charge on any atom is -0.469 e. The molecule has 0 saturated carbocycles. The first-order chi connectivity index (χ1) is 13.0. The number of esters is 1. The second-order valence-electron chi connectivity index (χ2n) is 5.88. The van der Waals surface area contributed by atoms with Gasteiger partial charge in [0.2, 0.25) is 0 Å². The third kappa shape index (κ3) is 6.50. The van der Waals surface area contributed by atoms with Crippen molar-refractivity contribution in [3.05, 3.63) is 47.9 Å². The summed E-state index contributed by atoms with van der Waals surface area (Å²) in [4.78, 5) is 34.9. The van der Waals surface area contributed by atoms with Crippen LogP contribution >= 0.6 is 0 Å². The zero-order valence-electron chi connectivity index (χ0n) is 15.3. The number of hydrogen-bond acceptors (Lipinski definition) is 5. The molecule has 8 heteroatoms. The van der Waals surface area contributed by atoms with Gasteiger partial charge in [0, 0.05) is 24.3 Å². The van der Waals surface area contributed by atoms with Crippen LogP contribution < -0.4 is 16.0 Å². The highest BCUT2D eigenvalue weighted by molar-refractivity contribution is 6.02. The Kier molecular flexibility index (Phi) is 7.42. The Morgan fingerprint density at radius 3 is 2.59 bits per heavy atom. The zero-order chi connectivity index (χ0) is 19.6. The molecule has 2 aromatic rings.